The van der Waals surface area contributed by atoms with Crippen molar-refractivity contribution in [3.8, 4) is 11.4 Å². The zero-order valence-electron chi connectivity index (χ0n) is 20.4. The van der Waals surface area contributed by atoms with Crippen LogP contribution in [0.3, 0.4) is 0 Å². The Hall–Kier alpha value is -3.07. The molecule has 0 saturated heterocycles. The summed E-state index contributed by atoms with van der Waals surface area (Å²) in [6.07, 6.45) is 16.1. The zero-order chi connectivity index (χ0) is 23.5. The van der Waals surface area contributed by atoms with Gasteiger partial charge in [0, 0.05) is 16.7 Å². The van der Waals surface area contributed by atoms with Gasteiger partial charge in [-0.1, -0.05) is 121 Å². The van der Waals surface area contributed by atoms with Crippen molar-refractivity contribution in [3.05, 3.63) is 91.1 Å². The van der Waals surface area contributed by atoms with E-state index in [1.165, 1.54) is 0 Å². The zero-order valence-corrected chi connectivity index (χ0v) is 20.4. The highest BCUT2D eigenvalue weighted by Crippen LogP contribution is 2.24. The van der Waals surface area contributed by atoms with Crippen molar-refractivity contribution in [2.24, 2.45) is 0 Å². The van der Waals surface area contributed by atoms with Crippen molar-refractivity contribution in [1.29, 1.82) is 0 Å². The van der Waals surface area contributed by atoms with Crippen molar-refractivity contribution < 1.29 is 0 Å². The molecule has 0 amide bonds. The van der Waals surface area contributed by atoms with E-state index in [0.717, 1.165) is 29.6 Å². The van der Waals surface area contributed by atoms with Gasteiger partial charge in [0.2, 0.25) is 0 Å². The number of allylic oxidation sites excluding steroid dienone is 9. The highest BCUT2D eigenvalue weighted by molar-refractivity contribution is 5.75. The van der Waals surface area contributed by atoms with Crippen molar-refractivity contribution >= 4 is 11.1 Å². The van der Waals surface area contributed by atoms with Crippen LogP contribution in [0.1, 0.15) is 73.0 Å². The summed E-state index contributed by atoms with van der Waals surface area (Å²) in [4.78, 5) is 14.1. The Labute approximate surface area is 190 Å². The van der Waals surface area contributed by atoms with E-state index in [2.05, 4.69) is 24.8 Å². The van der Waals surface area contributed by atoms with Gasteiger partial charge in [-0.25, -0.2) is 15.0 Å². The Balaban J connectivity index is 0.00000138. The van der Waals surface area contributed by atoms with Gasteiger partial charge >= 0.3 is 0 Å². The summed E-state index contributed by atoms with van der Waals surface area (Å²) in [5.41, 5.74) is 2.94. The molecule has 0 atom stereocenters. The molecule has 31 heavy (non-hydrogen) atoms. The lowest BCUT2D eigenvalue weighted by Gasteiger charge is -2.10. The normalized spacial score (nSPS) is 12.4. The highest BCUT2D eigenvalue weighted by atomic mass is 15.0. The second-order valence-corrected chi connectivity index (χ2v) is 5.67. The first kappa shape index (κ1) is 27.9. The average molecular weight is 418 g/mol. The second-order valence-electron chi connectivity index (χ2n) is 5.67. The van der Waals surface area contributed by atoms with Gasteiger partial charge in [-0.2, -0.15) is 0 Å². The molecule has 1 aliphatic carbocycles. The van der Waals surface area contributed by atoms with Gasteiger partial charge in [-0.15, -0.1) is 0 Å². The minimum absolute atomic E-state index is 0.654. The highest BCUT2D eigenvalue weighted by Gasteiger charge is 2.13. The fraction of sp³-hybridized carbons (Fsp3) is 0.321. The Morgan fingerprint density at radius 1 is 0.871 bits per heavy atom. The maximum Gasteiger partial charge on any atom is 0.164 e. The standard InChI is InChI=1S/C22H21N3.3C2H6/c1-3-11-17(12-4-2)20-23-21(18-13-7-5-8-14-18)25-22(24-20)19-15-9-6-10-16-19;3*1-2/h3-5,7-9,11-16H,1,6,10H2,2H3;3*1-2H3/b12-4-,17-11+;;;. The lowest BCUT2D eigenvalue weighted by atomic mass is 10.1. The lowest BCUT2D eigenvalue weighted by molar-refractivity contribution is 0.985. The fourth-order valence-corrected chi connectivity index (χ4v) is 2.64. The van der Waals surface area contributed by atoms with Gasteiger partial charge in [-0.05, 0) is 19.8 Å². The molecule has 0 unspecified atom stereocenters. The number of nitrogens with zero attached hydrogens (tertiary/aromatic N) is 3. The molecule has 0 spiro atoms. The molecule has 0 bridgehead atoms. The molecular formula is C28H39N3. The maximum atomic E-state index is 4.71. The molecule has 0 fully saturated rings. The Morgan fingerprint density at radius 2 is 1.52 bits per heavy atom. The van der Waals surface area contributed by atoms with Crippen molar-refractivity contribution in [2.45, 2.75) is 61.3 Å². The van der Waals surface area contributed by atoms with Crippen LogP contribution in [0.15, 0.2) is 79.4 Å². The number of aromatic nitrogens is 3. The number of benzene rings is 1. The van der Waals surface area contributed by atoms with E-state index in [1.807, 2.05) is 97.0 Å². The van der Waals surface area contributed by atoms with E-state index in [4.69, 9.17) is 15.0 Å². The van der Waals surface area contributed by atoms with Crippen LogP contribution in [-0.4, -0.2) is 15.0 Å². The Morgan fingerprint density at radius 3 is 2.06 bits per heavy atom. The third kappa shape index (κ3) is 9.08. The van der Waals surface area contributed by atoms with Crippen LogP contribution >= 0.6 is 0 Å². The van der Waals surface area contributed by atoms with Crippen LogP contribution in [0, 0.1) is 0 Å². The molecule has 166 valence electrons. The van der Waals surface area contributed by atoms with E-state index in [1.54, 1.807) is 6.08 Å². The molecule has 0 N–H and O–H groups in total. The van der Waals surface area contributed by atoms with Crippen LogP contribution < -0.4 is 0 Å². The molecule has 3 heteroatoms. The van der Waals surface area contributed by atoms with Crippen LogP contribution in [0.4, 0.5) is 0 Å². The predicted molar refractivity (Wildman–Crippen MR) is 139 cm³/mol. The first-order chi connectivity index (χ1) is 15.3. The van der Waals surface area contributed by atoms with Crippen LogP contribution in [-0.2, 0) is 0 Å². The van der Waals surface area contributed by atoms with Gasteiger partial charge in [0.1, 0.15) is 0 Å². The molecule has 3 nitrogen and oxygen atoms in total. The van der Waals surface area contributed by atoms with Gasteiger partial charge in [-0.3, -0.25) is 0 Å². The van der Waals surface area contributed by atoms with E-state index < -0.39 is 0 Å². The maximum absolute atomic E-state index is 4.71. The topological polar surface area (TPSA) is 38.7 Å². The van der Waals surface area contributed by atoms with Crippen molar-refractivity contribution in [3.63, 3.8) is 0 Å². The van der Waals surface area contributed by atoms with Crippen LogP contribution in [0.25, 0.3) is 22.5 Å². The van der Waals surface area contributed by atoms with Crippen LogP contribution in [0.2, 0.25) is 0 Å². The molecule has 0 saturated carbocycles. The number of hydrogen-bond donors (Lipinski definition) is 0. The molecular weight excluding hydrogens is 378 g/mol. The fourth-order valence-electron chi connectivity index (χ4n) is 2.64. The number of rotatable bonds is 5. The van der Waals surface area contributed by atoms with Crippen molar-refractivity contribution in [2.75, 3.05) is 0 Å². The van der Waals surface area contributed by atoms with E-state index in [9.17, 15) is 0 Å². The molecule has 3 rings (SSSR count). The predicted octanol–water partition coefficient (Wildman–Crippen LogP) is 8.50. The lowest BCUT2D eigenvalue weighted by Crippen LogP contribution is -2.04. The monoisotopic (exact) mass is 417 g/mol. The molecule has 1 aliphatic rings. The summed E-state index contributed by atoms with van der Waals surface area (Å²) in [5, 5.41) is 0. The summed E-state index contributed by atoms with van der Waals surface area (Å²) in [6.45, 7) is 17.8. The summed E-state index contributed by atoms with van der Waals surface area (Å²) in [7, 11) is 0. The van der Waals surface area contributed by atoms with E-state index in [0.29, 0.717) is 17.5 Å². The van der Waals surface area contributed by atoms with E-state index in [-0.39, 0.29) is 0 Å². The minimum Gasteiger partial charge on any atom is -0.208 e. The minimum atomic E-state index is 0.654. The van der Waals surface area contributed by atoms with E-state index >= 15 is 0 Å². The quantitative estimate of drug-likeness (QED) is 0.458. The molecule has 0 aliphatic heterocycles. The summed E-state index contributed by atoms with van der Waals surface area (Å²) >= 11 is 0. The number of hydrogen-bond acceptors (Lipinski definition) is 3. The molecule has 2 aromatic rings. The second kappa shape index (κ2) is 17.8. The largest absolute Gasteiger partial charge is 0.208 e. The SMILES string of the molecule is C=C/C=C(\C=C/C)c1nc(C2=CCCC=C2)nc(-c2ccccc2)n1.CC.CC.CC. The molecule has 1 aromatic carbocycles. The average Bonchev–Trinajstić information content (AvgIpc) is 2.88. The third-order valence-corrected chi connectivity index (χ3v) is 3.82. The smallest absolute Gasteiger partial charge is 0.164 e. The van der Waals surface area contributed by atoms with Gasteiger partial charge in [0.15, 0.2) is 17.5 Å². The third-order valence-electron chi connectivity index (χ3n) is 3.82. The Kier molecular flexibility index (Phi) is 16.0. The summed E-state index contributed by atoms with van der Waals surface area (Å²) < 4.78 is 0. The molecule has 1 heterocycles. The van der Waals surface area contributed by atoms with Gasteiger partial charge < -0.3 is 0 Å². The van der Waals surface area contributed by atoms with Gasteiger partial charge in [0.25, 0.3) is 0 Å². The molecule has 1 aromatic heterocycles. The first-order valence-corrected chi connectivity index (χ1v) is 11.5. The van der Waals surface area contributed by atoms with Gasteiger partial charge in [0.05, 0.1) is 0 Å². The Bertz CT molecular complexity index is 872. The van der Waals surface area contributed by atoms with Crippen molar-refractivity contribution in [1.82, 2.24) is 15.0 Å². The summed E-state index contributed by atoms with van der Waals surface area (Å²) in [6, 6.07) is 10.00. The molecule has 0 radical (unpaired) electrons. The van der Waals surface area contributed by atoms with Crippen LogP contribution in [0.5, 0.6) is 0 Å². The first-order valence-electron chi connectivity index (χ1n) is 11.5. The summed E-state index contributed by atoms with van der Waals surface area (Å²) in [5.74, 6) is 2.04.